The van der Waals surface area contributed by atoms with Crippen LogP contribution in [0.5, 0.6) is 0 Å². The van der Waals surface area contributed by atoms with Gasteiger partial charge in [-0.05, 0) is 19.3 Å². The molecule has 2 amide bonds. The third-order valence-corrected chi connectivity index (χ3v) is 1.97. The van der Waals surface area contributed by atoms with E-state index in [1.54, 1.807) is 0 Å². The van der Waals surface area contributed by atoms with E-state index in [0.717, 1.165) is 0 Å². The van der Waals surface area contributed by atoms with Gasteiger partial charge in [-0.15, -0.1) is 0 Å². The van der Waals surface area contributed by atoms with Crippen molar-refractivity contribution in [1.29, 1.82) is 0 Å². The first-order valence-corrected chi connectivity index (χ1v) is 5.18. The predicted octanol–water partition coefficient (Wildman–Crippen LogP) is -1.70. The maximum absolute atomic E-state index is 10.7. The molecular weight excluding hydrogens is 210 g/mol. The Balaban J connectivity index is 3.72. The third-order valence-electron chi connectivity index (χ3n) is 1.97. The van der Waals surface area contributed by atoms with Gasteiger partial charge in [-0.25, -0.2) is 4.79 Å². The van der Waals surface area contributed by atoms with Gasteiger partial charge in [0.15, 0.2) is 11.6 Å². The summed E-state index contributed by atoms with van der Waals surface area (Å²) in [4.78, 5) is 32.0. The Labute approximate surface area is 96.0 Å². The lowest BCUT2D eigenvalue weighted by Crippen LogP contribution is -2.40. The van der Waals surface area contributed by atoms with E-state index < -0.39 is 12.0 Å². The van der Waals surface area contributed by atoms with Crippen molar-refractivity contribution in [2.75, 3.05) is 6.54 Å². The summed E-state index contributed by atoms with van der Waals surface area (Å²) in [5, 5.41) is 13.8. The number of amides is 2. The van der Waals surface area contributed by atoms with Crippen LogP contribution in [-0.2, 0) is 4.79 Å². The van der Waals surface area contributed by atoms with Crippen molar-refractivity contribution in [3.8, 4) is 0 Å². The highest BCUT2D eigenvalue weighted by Crippen LogP contribution is 2.00. The predicted molar refractivity (Wildman–Crippen MR) is 64.3 cm³/mol. The minimum absolute atomic E-state index is 0.100. The zero-order chi connectivity index (χ0) is 12.6. The molecule has 1 atom stereocenters. The first kappa shape index (κ1) is 14.5. The largest absolute Gasteiger partial charge is 0.480 e. The van der Waals surface area contributed by atoms with Gasteiger partial charge in [-0.3, -0.25) is 9.59 Å². The number of hydrogen-bond donors (Lipinski definition) is 3. The van der Waals surface area contributed by atoms with E-state index in [0.29, 0.717) is 25.8 Å². The van der Waals surface area contributed by atoms with Crippen molar-refractivity contribution in [1.82, 2.24) is 10.6 Å². The van der Waals surface area contributed by atoms with Crippen LogP contribution in [0.2, 0.25) is 0 Å². The molecule has 0 aliphatic heterocycles. The molecule has 88 valence electrons. The Kier molecular flexibility index (Phi) is 7.07. The van der Waals surface area contributed by atoms with Crippen LogP contribution in [0.3, 0.4) is 0 Å². The number of aliphatic carboxylic acids is 1. The smallest absolute Gasteiger partial charge is 0.326 e. The van der Waals surface area contributed by atoms with Crippen LogP contribution in [0.4, 0.5) is 9.59 Å². The quantitative estimate of drug-likeness (QED) is 0.356. The molecule has 0 fully saturated rings. The summed E-state index contributed by atoms with van der Waals surface area (Å²) in [6, 6.07) is -0.838. The highest BCUT2D eigenvalue weighted by molar-refractivity contribution is 6.57. The average Bonchev–Trinajstić information content (AvgIpc) is 2.14. The van der Waals surface area contributed by atoms with Crippen molar-refractivity contribution in [3.05, 3.63) is 0 Å². The normalized spacial score (nSPS) is 11.5. The molecule has 0 aliphatic carbocycles. The monoisotopic (exact) mass is 226 g/mol. The van der Waals surface area contributed by atoms with Crippen LogP contribution in [0.1, 0.15) is 19.3 Å². The van der Waals surface area contributed by atoms with Crippen LogP contribution in [0, 0.1) is 0 Å². The number of nitrogens with one attached hydrogen (secondary N) is 2. The fourth-order valence-electron chi connectivity index (χ4n) is 1.24. The van der Waals surface area contributed by atoms with Crippen LogP contribution in [-0.4, -0.2) is 51.0 Å². The van der Waals surface area contributed by atoms with Gasteiger partial charge in [0.25, 0.3) is 0 Å². The molecule has 0 aromatic rings. The van der Waals surface area contributed by atoms with Crippen LogP contribution >= 0.6 is 0 Å². The number of carbonyl (C=O) groups is 3. The number of unbranched alkanes of at least 4 members (excludes halogenated alkanes) is 1. The second kappa shape index (κ2) is 7.78. The van der Waals surface area contributed by atoms with E-state index >= 15 is 0 Å². The lowest BCUT2D eigenvalue weighted by Gasteiger charge is -2.13. The minimum Gasteiger partial charge on any atom is -0.480 e. The lowest BCUT2D eigenvalue weighted by atomic mass is 10.1. The number of carbonyl (C=O) groups excluding carboxylic acids is 2. The van der Waals surface area contributed by atoms with Gasteiger partial charge in [-0.2, -0.15) is 0 Å². The minimum atomic E-state index is -1.03. The fraction of sp³-hybridized carbons (Fsp3) is 0.625. The van der Waals surface area contributed by atoms with Crippen molar-refractivity contribution >= 4 is 33.3 Å². The third kappa shape index (κ3) is 7.90. The Morgan fingerprint density at radius 2 is 1.75 bits per heavy atom. The van der Waals surface area contributed by atoms with E-state index in [2.05, 4.69) is 10.6 Å². The Morgan fingerprint density at radius 1 is 1.12 bits per heavy atom. The van der Waals surface area contributed by atoms with Gasteiger partial charge in [0.1, 0.15) is 6.04 Å². The summed E-state index contributed by atoms with van der Waals surface area (Å²) in [6.45, 7) is 0.530. The molecule has 6 nitrogen and oxygen atoms in total. The SMILES string of the molecule is BC(=O)NCCCC[C@H](NC(B)=O)C(=O)O. The topological polar surface area (TPSA) is 95.5 Å². The fourth-order valence-corrected chi connectivity index (χ4v) is 1.24. The van der Waals surface area contributed by atoms with Crippen molar-refractivity contribution in [2.45, 2.75) is 25.3 Å². The standard InChI is InChI=1S/C8H16B2N2O4/c9-7(15)11-4-2-1-3-5(6(13)14)12-8(10)16/h5H,1-4,9-10H2,(H,11,15)(H,12,16)(H,13,14)/t5-/m0/s1. The van der Waals surface area contributed by atoms with Crippen LogP contribution < -0.4 is 10.6 Å². The van der Waals surface area contributed by atoms with Crippen LogP contribution in [0.25, 0.3) is 0 Å². The van der Waals surface area contributed by atoms with Gasteiger partial charge >= 0.3 is 5.97 Å². The summed E-state index contributed by atoms with van der Waals surface area (Å²) in [5.41, 5.74) is 0. The highest BCUT2D eigenvalue weighted by atomic mass is 16.4. The first-order chi connectivity index (χ1) is 7.43. The molecule has 16 heavy (non-hydrogen) atoms. The van der Waals surface area contributed by atoms with Crippen molar-refractivity contribution in [2.24, 2.45) is 0 Å². The van der Waals surface area contributed by atoms with E-state index in [4.69, 9.17) is 5.11 Å². The maximum atomic E-state index is 10.7. The molecule has 8 heteroatoms. The van der Waals surface area contributed by atoms with E-state index in [1.807, 2.05) is 0 Å². The molecule has 0 aromatic heterocycles. The first-order valence-electron chi connectivity index (χ1n) is 5.18. The molecular formula is C8H16B2N2O4. The molecule has 0 spiro atoms. The Hall–Kier alpha value is -1.46. The molecule has 3 N–H and O–H groups in total. The molecule has 0 radical (unpaired) electrons. The molecule has 0 aliphatic rings. The van der Waals surface area contributed by atoms with Gasteiger partial charge in [0.05, 0.1) is 0 Å². The molecule has 0 rings (SSSR count). The number of hydrogen-bond acceptors (Lipinski definition) is 3. The van der Waals surface area contributed by atoms with Gasteiger partial charge in [0, 0.05) is 6.54 Å². The molecule has 0 heterocycles. The summed E-state index contributed by atoms with van der Waals surface area (Å²) in [7, 11) is 2.71. The summed E-state index contributed by atoms with van der Waals surface area (Å²) < 4.78 is 0. The molecule has 0 unspecified atom stereocenters. The molecule has 0 aromatic carbocycles. The number of carboxylic acids is 1. The molecule has 0 bridgehead atoms. The van der Waals surface area contributed by atoms with Gasteiger partial charge in [-0.1, -0.05) is 0 Å². The highest BCUT2D eigenvalue weighted by Gasteiger charge is 2.16. The summed E-state index contributed by atoms with van der Waals surface area (Å²) in [5.74, 6) is -1.49. The summed E-state index contributed by atoms with van der Waals surface area (Å²) in [6.07, 6.45) is 1.70. The van der Waals surface area contributed by atoms with E-state index in [-0.39, 0.29) is 11.6 Å². The second-order valence-corrected chi connectivity index (χ2v) is 3.57. The van der Waals surface area contributed by atoms with Gasteiger partial charge < -0.3 is 15.7 Å². The van der Waals surface area contributed by atoms with Crippen LogP contribution in [0.15, 0.2) is 0 Å². The van der Waals surface area contributed by atoms with E-state index in [9.17, 15) is 14.4 Å². The van der Waals surface area contributed by atoms with Gasteiger partial charge in [0.2, 0.25) is 15.7 Å². The van der Waals surface area contributed by atoms with E-state index in [1.165, 1.54) is 15.7 Å². The molecule has 0 saturated carbocycles. The average molecular weight is 226 g/mol. The Morgan fingerprint density at radius 3 is 2.19 bits per heavy atom. The zero-order valence-electron chi connectivity index (χ0n) is 9.58. The number of rotatable bonds is 7. The Bertz CT molecular complexity index is 273. The molecule has 0 saturated heterocycles. The second-order valence-electron chi connectivity index (χ2n) is 3.57. The zero-order valence-corrected chi connectivity index (χ0v) is 9.58. The van der Waals surface area contributed by atoms with Crippen molar-refractivity contribution < 1.29 is 19.5 Å². The number of carboxylic acid groups (broad SMARTS) is 1. The van der Waals surface area contributed by atoms with Crippen molar-refractivity contribution in [3.63, 3.8) is 0 Å². The summed E-state index contributed by atoms with van der Waals surface area (Å²) >= 11 is 0. The lowest BCUT2D eigenvalue weighted by molar-refractivity contribution is -0.139. The maximum Gasteiger partial charge on any atom is 0.326 e.